The van der Waals surface area contributed by atoms with Gasteiger partial charge in [0.25, 0.3) is 5.56 Å². The van der Waals surface area contributed by atoms with Crippen molar-refractivity contribution in [1.29, 1.82) is 0 Å². The van der Waals surface area contributed by atoms with Crippen molar-refractivity contribution in [2.24, 2.45) is 5.73 Å². The summed E-state index contributed by atoms with van der Waals surface area (Å²) < 4.78 is 74.6. The first-order chi connectivity index (χ1) is 18.4. The van der Waals surface area contributed by atoms with Crippen LogP contribution in [0.5, 0.6) is 0 Å². The van der Waals surface area contributed by atoms with E-state index in [-0.39, 0.29) is 18.4 Å². The minimum atomic E-state index is -5.98. The maximum atomic E-state index is 12.1. The highest BCUT2D eigenvalue weighted by molar-refractivity contribution is 7.69. The molecule has 2 rings (SSSR count). The monoisotopic (exact) mass is 661 g/mol. The van der Waals surface area contributed by atoms with Gasteiger partial charge in [-0.3, -0.25) is 23.4 Å². The first kappa shape index (κ1) is 35.3. The number of nitrogens with zero attached hydrogens (tertiary/aromatic N) is 1. The largest absolute Gasteiger partial charge is 0.490 e. The number of H-pyrrole nitrogens is 1. The smallest absolute Gasteiger partial charge is 0.390 e. The topological polar surface area (TPSA) is 306 Å². The first-order valence-corrected chi connectivity index (χ1v) is 17.4. The molecule has 232 valence electrons. The van der Waals surface area contributed by atoms with Gasteiger partial charge in [0.2, 0.25) is 0 Å². The lowest BCUT2D eigenvalue weighted by atomic mass is 10.2. The van der Waals surface area contributed by atoms with Crippen LogP contribution in [0, 0.1) is 6.92 Å². The lowest BCUT2D eigenvalue weighted by Gasteiger charge is -2.21. The van der Waals surface area contributed by atoms with Crippen LogP contribution in [0.25, 0.3) is 0 Å². The summed E-state index contributed by atoms with van der Waals surface area (Å²) in [6.07, 6.45) is -0.770. The fourth-order valence-electron chi connectivity index (χ4n) is 3.25. The van der Waals surface area contributed by atoms with Gasteiger partial charge in [0, 0.05) is 18.2 Å². The van der Waals surface area contributed by atoms with Gasteiger partial charge in [-0.15, -0.1) is 0 Å². The number of phosphoric acid groups is 4. The molecule has 8 N–H and O–H groups in total. The number of unbranched alkanes of at least 4 members (excludes halogenated alkanes) is 3. The number of phosphoric ester groups is 2. The highest BCUT2D eigenvalue weighted by Crippen LogP contribution is 2.71. The highest BCUT2D eigenvalue weighted by atomic mass is 31.3. The number of aliphatic hydroxyl groups excluding tert-OH is 1. The van der Waals surface area contributed by atoms with E-state index in [1.807, 2.05) is 4.98 Å². The number of rotatable bonds is 17. The third kappa shape index (κ3) is 11.8. The van der Waals surface area contributed by atoms with Crippen LogP contribution in [-0.4, -0.2) is 66.2 Å². The molecule has 0 aromatic carbocycles. The molecule has 1 aromatic rings. The second-order valence-corrected chi connectivity index (χ2v) is 14.6. The van der Waals surface area contributed by atoms with Crippen LogP contribution >= 0.6 is 31.3 Å². The van der Waals surface area contributed by atoms with E-state index in [4.69, 9.17) is 10.5 Å². The first-order valence-electron chi connectivity index (χ1n) is 11.5. The van der Waals surface area contributed by atoms with Crippen molar-refractivity contribution in [3.8, 4) is 0 Å². The third-order valence-electron chi connectivity index (χ3n) is 5.03. The maximum Gasteiger partial charge on any atom is 0.490 e. The molecule has 1 fully saturated rings. The summed E-state index contributed by atoms with van der Waals surface area (Å²) in [6, 6.07) is 0. The Kier molecular flexibility index (Phi) is 12.8. The molecule has 1 aliphatic heterocycles. The minimum absolute atomic E-state index is 0.150. The van der Waals surface area contributed by atoms with Crippen LogP contribution < -0.4 is 17.0 Å². The van der Waals surface area contributed by atoms with Crippen molar-refractivity contribution >= 4 is 31.3 Å². The molecule has 0 bridgehead atoms. The Morgan fingerprint density at radius 3 is 2.10 bits per heavy atom. The molecule has 0 radical (unpaired) electrons. The van der Waals surface area contributed by atoms with Crippen molar-refractivity contribution in [1.82, 2.24) is 9.55 Å². The Bertz CT molecular complexity index is 1320. The summed E-state index contributed by atoms with van der Waals surface area (Å²) in [7, 11) is -22.7. The van der Waals surface area contributed by atoms with Gasteiger partial charge in [-0.25, -0.2) is 23.1 Å². The zero-order chi connectivity index (χ0) is 30.4. The Labute approximate surface area is 226 Å². The number of hydrogen-bond donors (Lipinski definition) is 7. The van der Waals surface area contributed by atoms with Gasteiger partial charge in [0.1, 0.15) is 12.3 Å². The minimum Gasteiger partial charge on any atom is -0.390 e. The second-order valence-electron chi connectivity index (χ2n) is 8.36. The molecule has 5 unspecified atom stereocenters. The van der Waals surface area contributed by atoms with E-state index in [0.29, 0.717) is 25.8 Å². The van der Waals surface area contributed by atoms with Gasteiger partial charge >= 0.3 is 37.0 Å². The summed E-state index contributed by atoms with van der Waals surface area (Å²) in [5, 5.41) is 10.2. The van der Waals surface area contributed by atoms with Gasteiger partial charge in [0.15, 0.2) is 0 Å². The molecular weight excluding hydrogens is 630 g/mol. The van der Waals surface area contributed by atoms with E-state index in [9.17, 15) is 52.5 Å². The molecule has 0 aliphatic carbocycles. The molecule has 0 saturated carbocycles. The Hall–Kier alpha value is -0.880. The van der Waals surface area contributed by atoms with E-state index in [1.54, 1.807) is 0 Å². The highest BCUT2D eigenvalue weighted by Gasteiger charge is 2.46. The van der Waals surface area contributed by atoms with Crippen LogP contribution in [0.15, 0.2) is 15.8 Å². The molecule has 24 heteroatoms. The zero-order valence-electron chi connectivity index (χ0n) is 20.9. The number of aromatic amines is 1. The molecule has 0 amide bonds. The third-order valence-corrected chi connectivity index (χ3v) is 11.0. The second kappa shape index (κ2) is 14.5. The van der Waals surface area contributed by atoms with Crippen LogP contribution in [0.3, 0.4) is 0 Å². The summed E-state index contributed by atoms with van der Waals surface area (Å²) >= 11 is 0. The SMILES string of the molecule is Cc1cn([C@H]2CC(O)[C@@H](COP(=O)(O)OP(=O)(O)OP(=O)(O)OP(=O)(O)OCCCCCCN)O2)c(=O)[nH]c1=O. The van der Waals surface area contributed by atoms with Crippen molar-refractivity contribution in [3.63, 3.8) is 0 Å². The van der Waals surface area contributed by atoms with E-state index < -0.39 is 74.2 Å². The molecule has 2 heterocycles. The Balaban J connectivity index is 1.90. The summed E-state index contributed by atoms with van der Waals surface area (Å²) in [5.74, 6) is 0. The summed E-state index contributed by atoms with van der Waals surface area (Å²) in [5.41, 5.74) is 3.97. The molecule has 1 aromatic heterocycles. The van der Waals surface area contributed by atoms with Crippen LogP contribution in [-0.2, 0) is 45.0 Å². The van der Waals surface area contributed by atoms with E-state index in [0.717, 1.165) is 10.8 Å². The van der Waals surface area contributed by atoms with Crippen molar-refractivity contribution in [2.75, 3.05) is 19.8 Å². The van der Waals surface area contributed by atoms with E-state index in [1.165, 1.54) is 6.92 Å². The molecule has 40 heavy (non-hydrogen) atoms. The summed E-state index contributed by atoms with van der Waals surface area (Å²) in [6.45, 7) is 0.502. The lowest BCUT2D eigenvalue weighted by molar-refractivity contribution is -0.0450. The van der Waals surface area contributed by atoms with Crippen LogP contribution in [0.2, 0.25) is 0 Å². The van der Waals surface area contributed by atoms with Crippen LogP contribution in [0.4, 0.5) is 0 Å². The number of aliphatic hydroxyl groups is 1. The average molecular weight is 661 g/mol. The number of nitrogens with one attached hydrogen (secondary N) is 1. The number of ether oxygens (including phenoxy) is 1. The molecule has 20 nitrogen and oxygen atoms in total. The predicted octanol–water partition coefficient (Wildman–Crippen LogP) is 0.497. The maximum absolute atomic E-state index is 12.1. The molecule has 1 aliphatic rings. The number of hydrogen-bond acceptors (Lipinski definition) is 14. The number of aromatic nitrogens is 2. The van der Waals surface area contributed by atoms with Gasteiger partial charge < -0.3 is 35.2 Å². The fraction of sp³-hybridized carbons (Fsp3) is 0.750. The van der Waals surface area contributed by atoms with E-state index in [2.05, 4.69) is 22.0 Å². The molecule has 1 saturated heterocycles. The quantitative estimate of drug-likeness (QED) is 0.0882. The van der Waals surface area contributed by atoms with Crippen molar-refractivity contribution in [3.05, 3.63) is 32.6 Å². The number of nitrogens with two attached hydrogens (primary N) is 1. The Morgan fingerprint density at radius 1 is 0.950 bits per heavy atom. The molecular formula is C16H31N3O17P4. The summed E-state index contributed by atoms with van der Waals surface area (Å²) in [4.78, 5) is 64.0. The fourth-order valence-corrected chi connectivity index (χ4v) is 8.23. The van der Waals surface area contributed by atoms with Crippen molar-refractivity contribution in [2.45, 2.75) is 57.5 Å². The molecule has 0 spiro atoms. The lowest BCUT2D eigenvalue weighted by Crippen LogP contribution is -2.33. The van der Waals surface area contributed by atoms with Crippen LogP contribution in [0.1, 0.15) is 43.9 Å². The number of aryl methyl sites for hydroxylation is 1. The van der Waals surface area contributed by atoms with Gasteiger partial charge in [-0.1, -0.05) is 12.8 Å². The zero-order valence-corrected chi connectivity index (χ0v) is 24.5. The molecule has 7 atom stereocenters. The van der Waals surface area contributed by atoms with Gasteiger partial charge in [-0.05, 0) is 26.3 Å². The van der Waals surface area contributed by atoms with Gasteiger partial charge in [-0.2, -0.15) is 12.9 Å². The normalized spacial score (nSPS) is 25.5. The van der Waals surface area contributed by atoms with E-state index >= 15 is 0 Å². The van der Waals surface area contributed by atoms with Gasteiger partial charge in [0.05, 0.1) is 19.3 Å². The average Bonchev–Trinajstić information content (AvgIpc) is 3.15. The Morgan fingerprint density at radius 2 is 1.50 bits per heavy atom. The standard InChI is InChI=1S/C16H31N3O17P4/c1-11-9-19(16(22)18-15(11)21)14-8-12(20)13(33-14)10-32-38(25,26)35-40(29,30)36-39(27,28)34-37(23,24)31-7-5-3-2-4-6-17/h9,12-14,20H,2-8,10,17H2,1H3,(H,23,24)(H,25,26)(H,27,28)(H,29,30)(H,18,21,22)/t12?,13-,14-/m1/s1. The van der Waals surface area contributed by atoms with Crippen molar-refractivity contribution < 1.29 is 69.7 Å². The predicted molar refractivity (Wildman–Crippen MR) is 133 cm³/mol.